The number of rotatable bonds is 8. The minimum absolute atomic E-state index is 0.404. The Morgan fingerprint density at radius 2 is 2.33 bits per heavy atom. The Morgan fingerprint density at radius 1 is 1.48 bits per heavy atom. The minimum Gasteiger partial charge on any atom is -0.468 e. The van der Waals surface area contributed by atoms with Gasteiger partial charge < -0.3 is 19.2 Å². The third-order valence-electron chi connectivity index (χ3n) is 2.47. The van der Waals surface area contributed by atoms with Gasteiger partial charge in [-0.15, -0.1) is 10.2 Å². The summed E-state index contributed by atoms with van der Waals surface area (Å²) in [6.45, 7) is 1.29. The standard InChI is InChI=1S/C12H15N3O4S2/c1-17-6-4-13-11-14-15-12(21-11)20-7-9-8(3-5-19-9)10(16)18-2/h3,5H,4,6-7H2,1-2H3,(H,13,14). The van der Waals surface area contributed by atoms with E-state index < -0.39 is 5.97 Å². The van der Waals surface area contributed by atoms with Crippen LogP contribution in [0.5, 0.6) is 0 Å². The number of esters is 1. The monoisotopic (exact) mass is 329 g/mol. The van der Waals surface area contributed by atoms with Crippen molar-refractivity contribution < 1.29 is 18.7 Å². The van der Waals surface area contributed by atoms with E-state index in [2.05, 4.69) is 15.5 Å². The van der Waals surface area contributed by atoms with Crippen LogP contribution in [0.15, 0.2) is 21.1 Å². The summed E-state index contributed by atoms with van der Waals surface area (Å²) in [6, 6.07) is 1.60. The first-order valence-corrected chi connectivity index (χ1v) is 7.88. The fourth-order valence-corrected chi connectivity index (χ4v) is 3.20. The summed E-state index contributed by atoms with van der Waals surface area (Å²) in [5.74, 6) is 0.652. The number of hydrogen-bond donors (Lipinski definition) is 1. The van der Waals surface area contributed by atoms with Crippen LogP contribution in [0, 0.1) is 0 Å². The second-order valence-corrected chi connectivity index (χ2v) is 6.03. The van der Waals surface area contributed by atoms with E-state index in [1.807, 2.05) is 0 Å². The normalized spacial score (nSPS) is 10.6. The van der Waals surface area contributed by atoms with Crippen molar-refractivity contribution in [2.24, 2.45) is 0 Å². The third kappa shape index (κ3) is 4.45. The molecule has 0 saturated heterocycles. The van der Waals surface area contributed by atoms with Gasteiger partial charge in [-0.05, 0) is 6.07 Å². The van der Waals surface area contributed by atoms with Crippen molar-refractivity contribution >= 4 is 34.2 Å². The van der Waals surface area contributed by atoms with Crippen molar-refractivity contribution in [1.82, 2.24) is 10.2 Å². The molecule has 0 aliphatic carbocycles. The molecule has 0 atom stereocenters. The van der Waals surface area contributed by atoms with Gasteiger partial charge in [-0.3, -0.25) is 0 Å². The lowest BCUT2D eigenvalue weighted by molar-refractivity contribution is 0.0598. The zero-order valence-electron chi connectivity index (χ0n) is 11.6. The highest BCUT2D eigenvalue weighted by Gasteiger charge is 2.16. The molecule has 2 rings (SSSR count). The Hall–Kier alpha value is -1.58. The molecule has 1 N–H and O–H groups in total. The molecule has 0 saturated carbocycles. The molecule has 0 amide bonds. The molecule has 0 aromatic carbocycles. The highest BCUT2D eigenvalue weighted by Crippen LogP contribution is 2.29. The number of methoxy groups -OCH3 is 2. The van der Waals surface area contributed by atoms with Gasteiger partial charge in [0, 0.05) is 13.7 Å². The lowest BCUT2D eigenvalue weighted by Gasteiger charge is -1.99. The predicted molar refractivity (Wildman–Crippen MR) is 79.9 cm³/mol. The van der Waals surface area contributed by atoms with Crippen molar-refractivity contribution in [3.8, 4) is 0 Å². The average Bonchev–Trinajstić information content (AvgIpc) is 3.13. The van der Waals surface area contributed by atoms with Crippen LogP contribution >= 0.6 is 23.1 Å². The second kappa shape index (κ2) is 8.01. The molecule has 2 aromatic heterocycles. The van der Waals surface area contributed by atoms with E-state index in [0.717, 1.165) is 9.47 Å². The van der Waals surface area contributed by atoms with E-state index in [0.29, 0.717) is 30.2 Å². The molecule has 0 unspecified atom stereocenters. The van der Waals surface area contributed by atoms with Crippen LogP contribution in [0.25, 0.3) is 0 Å². The van der Waals surface area contributed by atoms with Crippen LogP contribution in [0.2, 0.25) is 0 Å². The molecule has 0 fully saturated rings. The lowest BCUT2D eigenvalue weighted by atomic mass is 10.3. The summed E-state index contributed by atoms with van der Waals surface area (Å²) in [5, 5.41) is 11.9. The summed E-state index contributed by atoms with van der Waals surface area (Å²) in [6.07, 6.45) is 1.47. The van der Waals surface area contributed by atoms with Crippen LogP contribution in [0.4, 0.5) is 5.13 Å². The van der Waals surface area contributed by atoms with Crippen LogP contribution in [0.3, 0.4) is 0 Å². The van der Waals surface area contributed by atoms with E-state index in [1.54, 1.807) is 13.2 Å². The van der Waals surface area contributed by atoms with Gasteiger partial charge in [-0.25, -0.2) is 4.79 Å². The largest absolute Gasteiger partial charge is 0.468 e. The fourth-order valence-electron chi connectivity index (χ4n) is 1.47. The van der Waals surface area contributed by atoms with Crippen molar-refractivity contribution in [2.45, 2.75) is 10.1 Å². The number of aromatic nitrogens is 2. The first-order valence-electron chi connectivity index (χ1n) is 6.08. The quantitative estimate of drug-likeness (QED) is 0.448. The topological polar surface area (TPSA) is 86.5 Å². The highest BCUT2D eigenvalue weighted by atomic mass is 32.2. The molecule has 7 nitrogen and oxygen atoms in total. The SMILES string of the molecule is COCCNc1nnc(SCc2occc2C(=O)OC)s1. The Morgan fingerprint density at radius 3 is 3.10 bits per heavy atom. The number of hydrogen-bond acceptors (Lipinski definition) is 9. The van der Waals surface area contributed by atoms with E-state index in [9.17, 15) is 4.79 Å². The molecule has 0 radical (unpaired) electrons. The Bertz CT molecular complexity index is 585. The molecule has 21 heavy (non-hydrogen) atoms. The zero-order valence-corrected chi connectivity index (χ0v) is 13.3. The van der Waals surface area contributed by atoms with Crippen molar-refractivity contribution in [3.63, 3.8) is 0 Å². The van der Waals surface area contributed by atoms with E-state index in [-0.39, 0.29) is 0 Å². The summed E-state index contributed by atoms with van der Waals surface area (Å²) in [7, 11) is 2.99. The van der Waals surface area contributed by atoms with E-state index in [4.69, 9.17) is 13.9 Å². The van der Waals surface area contributed by atoms with Crippen molar-refractivity contribution in [1.29, 1.82) is 0 Å². The van der Waals surface area contributed by atoms with Crippen molar-refractivity contribution in [2.75, 3.05) is 32.7 Å². The maximum absolute atomic E-state index is 11.5. The fraction of sp³-hybridized carbons (Fsp3) is 0.417. The molecule has 0 bridgehead atoms. The number of anilines is 1. The number of carbonyl (C=O) groups is 1. The maximum Gasteiger partial charge on any atom is 0.341 e. The number of nitrogens with one attached hydrogen (secondary N) is 1. The van der Waals surface area contributed by atoms with Gasteiger partial charge in [-0.2, -0.15) is 0 Å². The summed E-state index contributed by atoms with van der Waals surface area (Å²) >= 11 is 2.89. The van der Waals surface area contributed by atoms with Gasteiger partial charge in [0.1, 0.15) is 11.3 Å². The summed E-state index contributed by atoms with van der Waals surface area (Å²) in [5.41, 5.74) is 0.438. The molecule has 0 aliphatic heterocycles. The Labute approximate surface area is 130 Å². The van der Waals surface area contributed by atoms with Gasteiger partial charge >= 0.3 is 5.97 Å². The maximum atomic E-state index is 11.5. The third-order valence-corrected chi connectivity index (χ3v) is 4.48. The van der Waals surface area contributed by atoms with Gasteiger partial charge in [-0.1, -0.05) is 23.1 Å². The smallest absolute Gasteiger partial charge is 0.341 e. The van der Waals surface area contributed by atoms with Crippen LogP contribution in [-0.4, -0.2) is 43.5 Å². The molecule has 9 heteroatoms. The highest BCUT2D eigenvalue weighted by molar-refractivity contribution is 8.00. The summed E-state index contributed by atoms with van der Waals surface area (Å²) in [4.78, 5) is 11.5. The van der Waals surface area contributed by atoms with Gasteiger partial charge in [0.2, 0.25) is 5.13 Å². The Kier molecular flexibility index (Phi) is 6.03. The number of ether oxygens (including phenoxy) is 2. The molecule has 114 valence electrons. The predicted octanol–water partition coefficient (Wildman–Crippen LogP) is 2.27. The molecule has 2 aromatic rings. The molecule has 0 spiro atoms. The first-order chi connectivity index (χ1) is 10.2. The average molecular weight is 329 g/mol. The van der Waals surface area contributed by atoms with Gasteiger partial charge in [0.25, 0.3) is 0 Å². The van der Waals surface area contributed by atoms with Gasteiger partial charge in [0.15, 0.2) is 4.34 Å². The summed E-state index contributed by atoms with van der Waals surface area (Å²) < 4.78 is 15.7. The van der Waals surface area contributed by atoms with Crippen LogP contribution in [0.1, 0.15) is 16.1 Å². The van der Waals surface area contributed by atoms with E-state index in [1.165, 1.54) is 36.5 Å². The first kappa shape index (κ1) is 15.8. The molecule has 2 heterocycles. The number of thioether (sulfide) groups is 1. The number of carbonyl (C=O) groups excluding carboxylic acids is 1. The Balaban J connectivity index is 1.88. The molecular weight excluding hydrogens is 314 g/mol. The minimum atomic E-state index is -0.404. The van der Waals surface area contributed by atoms with Crippen molar-refractivity contribution in [3.05, 3.63) is 23.7 Å². The van der Waals surface area contributed by atoms with E-state index >= 15 is 0 Å². The zero-order chi connectivity index (χ0) is 15.1. The van der Waals surface area contributed by atoms with Crippen LogP contribution in [-0.2, 0) is 15.2 Å². The number of nitrogens with zero attached hydrogens (tertiary/aromatic N) is 2. The molecular formula is C12H15N3O4S2. The second-order valence-electron chi connectivity index (χ2n) is 3.83. The number of furan rings is 1. The lowest BCUT2D eigenvalue weighted by Crippen LogP contribution is -2.06. The van der Waals surface area contributed by atoms with Crippen LogP contribution < -0.4 is 5.32 Å². The van der Waals surface area contributed by atoms with Gasteiger partial charge in [0.05, 0.1) is 25.7 Å². The molecule has 0 aliphatic rings.